The van der Waals surface area contributed by atoms with Crippen molar-refractivity contribution >= 4 is 6.08 Å². The predicted octanol–water partition coefficient (Wildman–Crippen LogP) is 6.69. The Morgan fingerprint density at radius 2 is 1.65 bits per heavy atom. The summed E-state index contributed by atoms with van der Waals surface area (Å²) < 4.78 is 0. The Bertz CT molecular complexity index is 730. The van der Waals surface area contributed by atoms with E-state index in [0.717, 1.165) is 40.1 Å². The number of allylic oxidation sites excluding steroid dienone is 1. The van der Waals surface area contributed by atoms with Crippen LogP contribution >= 0.6 is 0 Å². The van der Waals surface area contributed by atoms with E-state index in [-0.39, 0.29) is 12.5 Å². The standard InChI is InChI=1S/C24H33NO/c1-6-7-8-12-15-20-22(19-13-10-9-11-14-19)21(16-26)24(18(4)5)25-23(20)17(2)3/h9-15,17-18,26H,6-8,16H2,1-5H3. The second kappa shape index (κ2) is 9.68. The van der Waals surface area contributed by atoms with Gasteiger partial charge in [-0.15, -0.1) is 0 Å². The lowest BCUT2D eigenvalue weighted by atomic mass is 9.87. The maximum atomic E-state index is 10.2. The van der Waals surface area contributed by atoms with Gasteiger partial charge >= 0.3 is 0 Å². The Hall–Kier alpha value is -1.93. The van der Waals surface area contributed by atoms with E-state index in [0.29, 0.717) is 5.92 Å². The summed E-state index contributed by atoms with van der Waals surface area (Å²) in [4.78, 5) is 5.02. The zero-order valence-electron chi connectivity index (χ0n) is 16.9. The smallest absolute Gasteiger partial charge is 0.0706 e. The third-order valence-electron chi connectivity index (χ3n) is 4.72. The fraction of sp³-hybridized carbons (Fsp3) is 0.458. The van der Waals surface area contributed by atoms with Crippen LogP contribution in [0, 0.1) is 0 Å². The molecule has 0 amide bonds. The zero-order chi connectivity index (χ0) is 19.1. The highest BCUT2D eigenvalue weighted by molar-refractivity contribution is 5.80. The lowest BCUT2D eigenvalue weighted by Gasteiger charge is -2.22. The maximum absolute atomic E-state index is 10.2. The number of unbranched alkanes of at least 4 members (excludes halogenated alkanes) is 2. The Morgan fingerprint density at radius 3 is 2.19 bits per heavy atom. The van der Waals surface area contributed by atoms with E-state index in [1.54, 1.807) is 0 Å². The van der Waals surface area contributed by atoms with Gasteiger partial charge in [-0.1, -0.05) is 89.9 Å². The van der Waals surface area contributed by atoms with E-state index in [2.05, 4.69) is 71.0 Å². The molecule has 0 fully saturated rings. The number of benzene rings is 1. The molecule has 0 bridgehead atoms. The quantitative estimate of drug-likeness (QED) is 0.537. The molecule has 1 aromatic carbocycles. The molecule has 0 spiro atoms. The molecule has 1 N–H and O–H groups in total. The van der Waals surface area contributed by atoms with Gasteiger partial charge in [0.2, 0.25) is 0 Å². The molecule has 0 saturated heterocycles. The fourth-order valence-corrected chi connectivity index (χ4v) is 3.38. The lowest BCUT2D eigenvalue weighted by molar-refractivity contribution is 0.280. The zero-order valence-corrected chi connectivity index (χ0v) is 16.9. The molecule has 0 saturated carbocycles. The second-order valence-electron chi connectivity index (χ2n) is 7.53. The monoisotopic (exact) mass is 351 g/mol. The maximum Gasteiger partial charge on any atom is 0.0706 e. The number of aliphatic hydroxyl groups is 1. The first-order chi connectivity index (χ1) is 12.5. The van der Waals surface area contributed by atoms with Gasteiger partial charge in [0, 0.05) is 16.8 Å². The summed E-state index contributed by atoms with van der Waals surface area (Å²) in [5, 5.41) is 10.2. The topological polar surface area (TPSA) is 33.1 Å². The third-order valence-corrected chi connectivity index (χ3v) is 4.72. The van der Waals surface area contributed by atoms with Crippen molar-refractivity contribution in [1.82, 2.24) is 4.98 Å². The SMILES string of the molecule is CCCCC=Cc1c(C(C)C)nc(C(C)C)c(CO)c1-c1ccccc1. The van der Waals surface area contributed by atoms with Crippen LogP contribution in [0.2, 0.25) is 0 Å². The molecule has 26 heavy (non-hydrogen) atoms. The molecule has 1 heterocycles. The number of hydrogen-bond donors (Lipinski definition) is 1. The summed E-state index contributed by atoms with van der Waals surface area (Å²) in [7, 11) is 0. The van der Waals surface area contributed by atoms with Crippen LogP contribution in [-0.4, -0.2) is 10.1 Å². The summed E-state index contributed by atoms with van der Waals surface area (Å²) in [6.45, 7) is 10.9. The minimum Gasteiger partial charge on any atom is -0.392 e. The fourth-order valence-electron chi connectivity index (χ4n) is 3.38. The molecule has 2 rings (SSSR count). The average molecular weight is 352 g/mol. The number of rotatable bonds is 8. The van der Waals surface area contributed by atoms with Gasteiger partial charge in [0.15, 0.2) is 0 Å². The molecule has 2 heteroatoms. The Labute approximate surface area is 159 Å². The van der Waals surface area contributed by atoms with Crippen molar-refractivity contribution in [3.05, 3.63) is 58.9 Å². The van der Waals surface area contributed by atoms with Gasteiger partial charge in [0.05, 0.1) is 12.3 Å². The van der Waals surface area contributed by atoms with Crippen molar-refractivity contribution in [1.29, 1.82) is 0 Å². The van der Waals surface area contributed by atoms with E-state index in [9.17, 15) is 5.11 Å². The van der Waals surface area contributed by atoms with Crippen LogP contribution in [0.25, 0.3) is 17.2 Å². The Morgan fingerprint density at radius 1 is 1.00 bits per heavy atom. The Balaban J connectivity index is 2.78. The minimum atomic E-state index is 0.0128. The van der Waals surface area contributed by atoms with Gasteiger partial charge in [-0.3, -0.25) is 4.98 Å². The highest BCUT2D eigenvalue weighted by Gasteiger charge is 2.21. The first-order valence-corrected chi connectivity index (χ1v) is 9.90. The van der Waals surface area contributed by atoms with Crippen molar-refractivity contribution in [2.45, 2.75) is 72.3 Å². The number of aromatic nitrogens is 1. The van der Waals surface area contributed by atoms with E-state index in [1.807, 2.05) is 6.07 Å². The molecule has 0 aliphatic carbocycles. The molecule has 1 aromatic heterocycles. The summed E-state index contributed by atoms with van der Waals surface area (Å²) in [6, 6.07) is 10.4. The van der Waals surface area contributed by atoms with Crippen LogP contribution in [0.5, 0.6) is 0 Å². The normalized spacial score (nSPS) is 11.8. The van der Waals surface area contributed by atoms with Gasteiger partial charge in [-0.25, -0.2) is 0 Å². The van der Waals surface area contributed by atoms with Crippen molar-refractivity contribution in [3.8, 4) is 11.1 Å². The summed E-state index contributed by atoms with van der Waals surface area (Å²) in [6.07, 6.45) is 7.94. The lowest BCUT2D eigenvalue weighted by Crippen LogP contribution is -2.10. The third kappa shape index (κ3) is 4.62. The van der Waals surface area contributed by atoms with Gasteiger partial charge in [0.1, 0.15) is 0 Å². The first-order valence-electron chi connectivity index (χ1n) is 9.90. The average Bonchev–Trinajstić information content (AvgIpc) is 2.64. The van der Waals surface area contributed by atoms with Crippen molar-refractivity contribution in [3.63, 3.8) is 0 Å². The van der Waals surface area contributed by atoms with Crippen molar-refractivity contribution < 1.29 is 5.11 Å². The highest BCUT2D eigenvalue weighted by atomic mass is 16.3. The molecule has 140 valence electrons. The highest BCUT2D eigenvalue weighted by Crippen LogP contribution is 2.37. The van der Waals surface area contributed by atoms with Crippen LogP contribution in [-0.2, 0) is 6.61 Å². The first kappa shape index (κ1) is 20.4. The van der Waals surface area contributed by atoms with E-state index < -0.39 is 0 Å². The molecule has 2 nitrogen and oxygen atoms in total. The molecular formula is C24H33NO. The number of hydrogen-bond acceptors (Lipinski definition) is 2. The summed E-state index contributed by atoms with van der Waals surface area (Å²) in [5.41, 5.74) is 6.56. The summed E-state index contributed by atoms with van der Waals surface area (Å²) >= 11 is 0. The molecule has 0 aliphatic heterocycles. The van der Waals surface area contributed by atoms with Crippen LogP contribution in [0.15, 0.2) is 36.4 Å². The van der Waals surface area contributed by atoms with E-state index in [1.165, 1.54) is 12.8 Å². The van der Waals surface area contributed by atoms with Crippen LogP contribution in [0.3, 0.4) is 0 Å². The Kier molecular flexibility index (Phi) is 7.59. The van der Waals surface area contributed by atoms with Crippen LogP contribution < -0.4 is 0 Å². The number of pyridine rings is 1. The van der Waals surface area contributed by atoms with Gasteiger partial charge in [0.25, 0.3) is 0 Å². The summed E-state index contributed by atoms with van der Waals surface area (Å²) in [5.74, 6) is 0.601. The molecule has 0 unspecified atom stereocenters. The van der Waals surface area contributed by atoms with Crippen LogP contribution in [0.1, 0.15) is 88.2 Å². The molecular weight excluding hydrogens is 318 g/mol. The van der Waals surface area contributed by atoms with E-state index >= 15 is 0 Å². The minimum absolute atomic E-state index is 0.0128. The predicted molar refractivity (Wildman–Crippen MR) is 112 cm³/mol. The number of aliphatic hydroxyl groups excluding tert-OH is 1. The van der Waals surface area contributed by atoms with E-state index in [4.69, 9.17) is 4.98 Å². The largest absolute Gasteiger partial charge is 0.392 e. The molecule has 0 atom stereocenters. The van der Waals surface area contributed by atoms with Gasteiger partial charge < -0.3 is 5.11 Å². The second-order valence-corrected chi connectivity index (χ2v) is 7.53. The van der Waals surface area contributed by atoms with Crippen LogP contribution in [0.4, 0.5) is 0 Å². The molecule has 0 radical (unpaired) electrons. The molecule has 0 aliphatic rings. The van der Waals surface area contributed by atoms with Gasteiger partial charge in [-0.2, -0.15) is 0 Å². The number of nitrogens with zero attached hydrogens (tertiary/aromatic N) is 1. The van der Waals surface area contributed by atoms with Crippen molar-refractivity contribution in [2.75, 3.05) is 0 Å². The molecule has 2 aromatic rings. The van der Waals surface area contributed by atoms with Crippen molar-refractivity contribution in [2.24, 2.45) is 0 Å². The van der Waals surface area contributed by atoms with Gasteiger partial charge in [-0.05, 0) is 29.4 Å².